The molecule has 0 N–H and O–H groups in total. The van der Waals surface area contributed by atoms with Gasteiger partial charge in [-0.1, -0.05) is 46.3 Å². The number of para-hydroxylation sites is 1. The lowest BCUT2D eigenvalue weighted by Crippen LogP contribution is -2.12. The lowest BCUT2D eigenvalue weighted by Gasteiger charge is -2.16. The fourth-order valence-corrected chi connectivity index (χ4v) is 2.84. The van der Waals surface area contributed by atoms with Gasteiger partial charge in [-0.15, -0.1) is 0 Å². The van der Waals surface area contributed by atoms with Crippen LogP contribution in [0, 0.1) is 17.6 Å². The predicted octanol–water partition coefficient (Wildman–Crippen LogP) is 4.77. The molecule has 1 nitrogen and oxygen atoms in total. The van der Waals surface area contributed by atoms with Crippen LogP contribution < -0.4 is 4.74 Å². The SMILES string of the molecule is COc1ccccc1CC(CBr)Cc1cccc(F)c1F. The van der Waals surface area contributed by atoms with Gasteiger partial charge in [0.15, 0.2) is 11.6 Å². The minimum absolute atomic E-state index is 0.164. The van der Waals surface area contributed by atoms with Crippen LogP contribution in [0.3, 0.4) is 0 Å². The minimum Gasteiger partial charge on any atom is -0.496 e. The number of hydrogen-bond acceptors (Lipinski definition) is 1. The third-order valence-electron chi connectivity index (χ3n) is 3.46. The maximum atomic E-state index is 13.8. The van der Waals surface area contributed by atoms with E-state index in [0.717, 1.165) is 23.8 Å². The lowest BCUT2D eigenvalue weighted by molar-refractivity contribution is 0.405. The summed E-state index contributed by atoms with van der Waals surface area (Å²) < 4.78 is 32.4. The van der Waals surface area contributed by atoms with Crippen molar-refractivity contribution in [2.24, 2.45) is 5.92 Å². The molecule has 0 saturated carbocycles. The summed E-state index contributed by atoms with van der Waals surface area (Å²) in [5, 5.41) is 0.709. The van der Waals surface area contributed by atoms with Crippen molar-refractivity contribution >= 4 is 15.9 Å². The zero-order chi connectivity index (χ0) is 15.2. The topological polar surface area (TPSA) is 9.23 Å². The minimum atomic E-state index is -0.793. The molecule has 1 unspecified atom stereocenters. The van der Waals surface area contributed by atoms with E-state index in [2.05, 4.69) is 15.9 Å². The van der Waals surface area contributed by atoms with Crippen molar-refractivity contribution in [3.63, 3.8) is 0 Å². The molecule has 0 aliphatic carbocycles. The molecule has 1 atom stereocenters. The number of methoxy groups -OCH3 is 1. The van der Waals surface area contributed by atoms with Crippen LogP contribution >= 0.6 is 15.9 Å². The first-order valence-corrected chi connectivity index (χ1v) is 7.88. The standard InChI is InChI=1S/C17H17BrF2O/c1-21-16-8-3-2-5-13(16)9-12(11-18)10-14-6-4-7-15(19)17(14)20/h2-8,12H,9-11H2,1H3. The van der Waals surface area contributed by atoms with Crippen molar-refractivity contribution in [3.8, 4) is 5.75 Å². The molecule has 0 spiro atoms. The molecular formula is C17H17BrF2O. The zero-order valence-corrected chi connectivity index (χ0v) is 13.4. The van der Waals surface area contributed by atoms with Gasteiger partial charge < -0.3 is 4.74 Å². The summed E-state index contributed by atoms with van der Waals surface area (Å²) in [5.41, 5.74) is 1.48. The molecule has 0 bridgehead atoms. The second-order valence-corrected chi connectivity index (χ2v) is 5.60. The summed E-state index contributed by atoms with van der Waals surface area (Å²) in [6, 6.07) is 12.1. The Kier molecular flexibility index (Phi) is 5.74. The Hall–Kier alpha value is -1.42. The van der Waals surface area contributed by atoms with Gasteiger partial charge in [0.05, 0.1) is 7.11 Å². The van der Waals surface area contributed by atoms with E-state index < -0.39 is 11.6 Å². The molecule has 0 aliphatic rings. The fraction of sp³-hybridized carbons (Fsp3) is 0.294. The Morgan fingerprint density at radius 2 is 1.67 bits per heavy atom. The van der Waals surface area contributed by atoms with E-state index in [0.29, 0.717) is 17.3 Å². The largest absolute Gasteiger partial charge is 0.496 e. The number of rotatable bonds is 6. The molecular weight excluding hydrogens is 338 g/mol. The first-order chi connectivity index (χ1) is 10.2. The second kappa shape index (κ2) is 7.55. The van der Waals surface area contributed by atoms with E-state index in [4.69, 9.17) is 4.74 Å². The Morgan fingerprint density at radius 1 is 1.00 bits per heavy atom. The first-order valence-electron chi connectivity index (χ1n) is 6.76. The molecule has 0 heterocycles. The molecule has 0 radical (unpaired) electrons. The van der Waals surface area contributed by atoms with Crippen molar-refractivity contribution in [1.82, 2.24) is 0 Å². The number of benzene rings is 2. The van der Waals surface area contributed by atoms with Crippen LogP contribution in [0.25, 0.3) is 0 Å². The molecule has 21 heavy (non-hydrogen) atoms. The summed E-state index contributed by atoms with van der Waals surface area (Å²) in [5.74, 6) is -0.553. The maximum absolute atomic E-state index is 13.8. The maximum Gasteiger partial charge on any atom is 0.162 e. The third kappa shape index (κ3) is 4.03. The first kappa shape index (κ1) is 16.0. The highest BCUT2D eigenvalue weighted by atomic mass is 79.9. The molecule has 0 aromatic heterocycles. The summed E-state index contributed by atoms with van der Waals surface area (Å²) in [7, 11) is 1.63. The summed E-state index contributed by atoms with van der Waals surface area (Å²) >= 11 is 3.46. The van der Waals surface area contributed by atoms with Crippen LogP contribution in [0.2, 0.25) is 0 Å². The summed E-state index contributed by atoms with van der Waals surface area (Å²) in [6.07, 6.45) is 1.22. The van der Waals surface area contributed by atoms with Crippen LogP contribution in [0.5, 0.6) is 5.75 Å². The Morgan fingerprint density at radius 3 is 2.38 bits per heavy atom. The molecule has 0 aliphatic heterocycles. The molecule has 0 amide bonds. The van der Waals surface area contributed by atoms with Gasteiger partial charge in [0.1, 0.15) is 5.75 Å². The highest BCUT2D eigenvalue weighted by Crippen LogP contribution is 2.25. The Balaban J connectivity index is 2.15. The van der Waals surface area contributed by atoms with E-state index in [1.807, 2.05) is 24.3 Å². The van der Waals surface area contributed by atoms with Crippen LogP contribution in [-0.4, -0.2) is 12.4 Å². The Bertz CT molecular complexity index is 601. The van der Waals surface area contributed by atoms with Gasteiger partial charge >= 0.3 is 0 Å². The van der Waals surface area contributed by atoms with E-state index in [9.17, 15) is 8.78 Å². The number of hydrogen-bond donors (Lipinski definition) is 0. The molecule has 0 fully saturated rings. The fourth-order valence-electron chi connectivity index (χ4n) is 2.38. The highest BCUT2D eigenvalue weighted by Gasteiger charge is 2.16. The van der Waals surface area contributed by atoms with Gasteiger partial charge in [0.2, 0.25) is 0 Å². The monoisotopic (exact) mass is 354 g/mol. The van der Waals surface area contributed by atoms with Crippen molar-refractivity contribution in [2.45, 2.75) is 12.8 Å². The average Bonchev–Trinajstić information content (AvgIpc) is 2.51. The summed E-state index contributed by atoms with van der Waals surface area (Å²) in [4.78, 5) is 0. The van der Waals surface area contributed by atoms with Crippen LogP contribution in [0.4, 0.5) is 8.78 Å². The van der Waals surface area contributed by atoms with E-state index in [-0.39, 0.29) is 5.92 Å². The average molecular weight is 355 g/mol. The van der Waals surface area contributed by atoms with Gasteiger partial charge in [0.25, 0.3) is 0 Å². The van der Waals surface area contributed by atoms with E-state index in [1.165, 1.54) is 0 Å². The Labute approximate surface area is 132 Å². The van der Waals surface area contributed by atoms with Crippen molar-refractivity contribution in [3.05, 3.63) is 65.2 Å². The second-order valence-electron chi connectivity index (χ2n) is 4.95. The van der Waals surface area contributed by atoms with Crippen LogP contribution in [-0.2, 0) is 12.8 Å². The van der Waals surface area contributed by atoms with Crippen LogP contribution in [0.15, 0.2) is 42.5 Å². The van der Waals surface area contributed by atoms with Crippen LogP contribution in [0.1, 0.15) is 11.1 Å². The van der Waals surface area contributed by atoms with Crippen molar-refractivity contribution in [2.75, 3.05) is 12.4 Å². The van der Waals surface area contributed by atoms with Gasteiger partial charge in [-0.3, -0.25) is 0 Å². The summed E-state index contributed by atoms with van der Waals surface area (Å²) in [6.45, 7) is 0. The smallest absolute Gasteiger partial charge is 0.162 e. The van der Waals surface area contributed by atoms with Gasteiger partial charge in [-0.05, 0) is 42.0 Å². The van der Waals surface area contributed by atoms with E-state index in [1.54, 1.807) is 19.2 Å². The van der Waals surface area contributed by atoms with E-state index >= 15 is 0 Å². The number of halogens is 3. The highest BCUT2D eigenvalue weighted by molar-refractivity contribution is 9.09. The quantitative estimate of drug-likeness (QED) is 0.679. The van der Waals surface area contributed by atoms with Crippen molar-refractivity contribution in [1.29, 1.82) is 0 Å². The number of ether oxygens (including phenoxy) is 1. The third-order valence-corrected chi connectivity index (χ3v) is 4.38. The molecule has 2 rings (SSSR count). The molecule has 2 aromatic rings. The molecule has 0 saturated heterocycles. The predicted molar refractivity (Wildman–Crippen MR) is 84.0 cm³/mol. The van der Waals surface area contributed by atoms with Gasteiger partial charge in [-0.25, -0.2) is 8.78 Å². The molecule has 112 valence electrons. The molecule has 2 aromatic carbocycles. The molecule has 4 heteroatoms. The van der Waals surface area contributed by atoms with Crippen molar-refractivity contribution < 1.29 is 13.5 Å². The van der Waals surface area contributed by atoms with Gasteiger partial charge in [-0.2, -0.15) is 0 Å². The van der Waals surface area contributed by atoms with Gasteiger partial charge in [0, 0.05) is 5.33 Å². The normalized spacial score (nSPS) is 12.2. The number of alkyl halides is 1. The zero-order valence-electron chi connectivity index (χ0n) is 11.8. The lowest BCUT2D eigenvalue weighted by atomic mass is 9.93.